The third-order valence-electron chi connectivity index (χ3n) is 1.17. The van der Waals surface area contributed by atoms with E-state index in [0.29, 0.717) is 0 Å². The fraction of sp³-hybridized carbons (Fsp3) is 0. The van der Waals surface area contributed by atoms with Gasteiger partial charge in [0.25, 0.3) is 5.91 Å². The summed E-state index contributed by atoms with van der Waals surface area (Å²) in [4.78, 5) is 23.0. The molecule has 13 heavy (non-hydrogen) atoms. The van der Waals surface area contributed by atoms with Gasteiger partial charge in [-0.25, -0.2) is 0 Å². The van der Waals surface area contributed by atoms with E-state index in [9.17, 15) is 9.59 Å². The molecule has 1 aromatic rings. The van der Waals surface area contributed by atoms with Crippen LogP contribution in [0.1, 0.15) is 0 Å². The zero-order valence-corrected chi connectivity index (χ0v) is 7.96. The van der Waals surface area contributed by atoms with E-state index in [2.05, 4.69) is 10.3 Å². The normalized spacial score (nSPS) is 12.6. The molecule has 0 unspecified atom stereocenters. The second-order valence-corrected chi connectivity index (χ2v) is 2.06. The summed E-state index contributed by atoms with van der Waals surface area (Å²) in [5.41, 5.74) is 0. The molecule has 2 N–H and O–H groups in total. The molecule has 0 bridgehead atoms. The van der Waals surface area contributed by atoms with E-state index >= 15 is 0 Å². The Morgan fingerprint density at radius 1 is 1.08 bits per heavy atom. The first-order valence-corrected chi connectivity index (χ1v) is 3.40. The zero-order valence-electron chi connectivity index (χ0n) is 6.69. The number of hydrogen-bond acceptors (Lipinski definition) is 2. The van der Waals surface area contributed by atoms with Crippen LogP contribution in [0.5, 0.6) is 0 Å². The Morgan fingerprint density at radius 3 is 1.85 bits per heavy atom. The largest absolute Gasteiger partial charge is 0.368 e. The van der Waals surface area contributed by atoms with Crippen molar-refractivity contribution in [2.75, 3.05) is 0 Å². The molecule has 0 aliphatic carbocycles. The van der Waals surface area contributed by atoms with Gasteiger partial charge in [0, 0.05) is 42.0 Å². The summed E-state index contributed by atoms with van der Waals surface area (Å²) in [5.74, 6) is -1.01. The molecular weight excluding hydrogens is 208 g/mol. The molecule has 0 saturated carbocycles. The van der Waals surface area contributed by atoms with Crippen molar-refractivity contribution in [3.8, 4) is 0 Å². The van der Waals surface area contributed by atoms with Gasteiger partial charge in [-0.2, -0.15) is 0 Å². The summed E-state index contributed by atoms with van der Waals surface area (Å²) in [7, 11) is 0. The number of aromatic nitrogens is 1. The molecule has 5 heteroatoms. The minimum atomic E-state index is -0.542. The standard InChI is InChI=1S/C4H3NO2.C4H5N.Cr/c6-3-1-2-5-4(3)7;1-2-4-5-3-1;/h1-2H,(H,5,6,7);1-5H;. The maximum atomic E-state index is 10.1. The quantitative estimate of drug-likeness (QED) is 0.609. The molecule has 0 fully saturated rings. The molecule has 0 radical (unpaired) electrons. The molecule has 0 atom stereocenters. The SMILES string of the molecule is O=C1C=CNC1=O.[Cr].c1cc[nH]c1. The first-order valence-electron chi connectivity index (χ1n) is 3.40. The van der Waals surface area contributed by atoms with Crippen LogP contribution in [-0.2, 0) is 27.0 Å². The predicted octanol–water partition coefficient (Wildman–Crippen LogP) is 0.211. The predicted molar refractivity (Wildman–Crippen MR) is 43.1 cm³/mol. The molecule has 1 amide bonds. The second kappa shape index (κ2) is 6.24. The second-order valence-electron chi connectivity index (χ2n) is 2.06. The molecule has 1 aliphatic heterocycles. The summed E-state index contributed by atoms with van der Waals surface area (Å²) in [6.07, 6.45) is 6.27. The molecule has 68 valence electrons. The summed E-state index contributed by atoms with van der Waals surface area (Å²) in [6, 6.07) is 3.89. The Kier molecular flexibility index (Phi) is 5.61. The summed E-state index contributed by atoms with van der Waals surface area (Å²) < 4.78 is 0. The monoisotopic (exact) mass is 216 g/mol. The van der Waals surface area contributed by atoms with E-state index in [-0.39, 0.29) is 17.4 Å². The van der Waals surface area contributed by atoms with Crippen LogP contribution in [-0.4, -0.2) is 16.7 Å². The van der Waals surface area contributed by atoms with Gasteiger partial charge in [-0.05, 0) is 12.1 Å². The number of hydrogen-bond donors (Lipinski definition) is 2. The average molecular weight is 216 g/mol. The van der Waals surface area contributed by atoms with Gasteiger partial charge in [-0.1, -0.05) is 0 Å². The van der Waals surface area contributed by atoms with E-state index in [0.717, 1.165) is 0 Å². The van der Waals surface area contributed by atoms with Gasteiger partial charge in [0.2, 0.25) is 5.78 Å². The Bertz CT molecular complexity index is 276. The molecule has 1 aliphatic rings. The van der Waals surface area contributed by atoms with E-state index in [1.807, 2.05) is 24.5 Å². The topological polar surface area (TPSA) is 62.0 Å². The number of carbonyl (C=O) groups excluding carboxylic acids is 2. The van der Waals surface area contributed by atoms with Crippen LogP contribution in [0.15, 0.2) is 36.8 Å². The number of carbonyl (C=O) groups is 2. The number of nitrogens with one attached hydrogen (secondary N) is 2. The summed E-state index contributed by atoms with van der Waals surface area (Å²) in [5, 5.41) is 2.20. The van der Waals surface area contributed by atoms with Crippen molar-refractivity contribution in [3.05, 3.63) is 36.8 Å². The Hall–Kier alpha value is -1.31. The summed E-state index contributed by atoms with van der Waals surface area (Å²) in [6.45, 7) is 0. The molecule has 0 spiro atoms. The van der Waals surface area contributed by atoms with Crippen molar-refractivity contribution in [1.82, 2.24) is 10.3 Å². The van der Waals surface area contributed by atoms with Crippen LogP contribution < -0.4 is 5.32 Å². The Balaban J connectivity index is 0.000000215. The molecular formula is C8H8CrN2O2. The molecule has 2 heterocycles. The van der Waals surface area contributed by atoms with Gasteiger partial charge in [0.1, 0.15) is 0 Å². The third-order valence-corrected chi connectivity index (χ3v) is 1.17. The number of amides is 1. The van der Waals surface area contributed by atoms with Gasteiger partial charge < -0.3 is 10.3 Å². The van der Waals surface area contributed by atoms with Gasteiger partial charge in [-0.15, -0.1) is 0 Å². The molecule has 0 aromatic carbocycles. The first-order chi connectivity index (χ1) is 5.80. The van der Waals surface area contributed by atoms with Crippen LogP contribution in [0.2, 0.25) is 0 Å². The molecule has 2 rings (SSSR count). The smallest absolute Gasteiger partial charge is 0.295 e. The van der Waals surface area contributed by atoms with E-state index in [4.69, 9.17) is 0 Å². The van der Waals surface area contributed by atoms with Crippen LogP contribution in [0.3, 0.4) is 0 Å². The van der Waals surface area contributed by atoms with E-state index < -0.39 is 11.7 Å². The fourth-order valence-electron chi connectivity index (χ4n) is 0.618. The average Bonchev–Trinajstić information content (AvgIpc) is 2.67. The van der Waals surface area contributed by atoms with Gasteiger partial charge >= 0.3 is 0 Å². The van der Waals surface area contributed by atoms with Crippen molar-refractivity contribution >= 4 is 11.7 Å². The summed E-state index contributed by atoms with van der Waals surface area (Å²) >= 11 is 0. The Morgan fingerprint density at radius 2 is 1.69 bits per heavy atom. The van der Waals surface area contributed by atoms with Crippen molar-refractivity contribution in [2.24, 2.45) is 0 Å². The maximum Gasteiger partial charge on any atom is 0.295 e. The number of rotatable bonds is 0. The van der Waals surface area contributed by atoms with Crippen molar-refractivity contribution in [2.45, 2.75) is 0 Å². The maximum absolute atomic E-state index is 10.1. The number of H-pyrrole nitrogens is 1. The van der Waals surface area contributed by atoms with Gasteiger partial charge in [-0.3, -0.25) is 9.59 Å². The van der Waals surface area contributed by atoms with Gasteiger partial charge in [0.15, 0.2) is 0 Å². The van der Waals surface area contributed by atoms with Crippen molar-refractivity contribution in [3.63, 3.8) is 0 Å². The van der Waals surface area contributed by atoms with Crippen molar-refractivity contribution < 1.29 is 27.0 Å². The third kappa shape index (κ3) is 4.31. The number of ketones is 1. The zero-order chi connectivity index (χ0) is 8.81. The van der Waals surface area contributed by atoms with Crippen LogP contribution in [0.4, 0.5) is 0 Å². The minimum Gasteiger partial charge on any atom is -0.368 e. The van der Waals surface area contributed by atoms with Crippen LogP contribution >= 0.6 is 0 Å². The molecule has 0 saturated heterocycles. The van der Waals surface area contributed by atoms with Crippen LogP contribution in [0.25, 0.3) is 0 Å². The molecule has 4 nitrogen and oxygen atoms in total. The Labute approximate surface area is 86.2 Å². The van der Waals surface area contributed by atoms with E-state index in [1.54, 1.807) is 0 Å². The minimum absolute atomic E-state index is 0. The molecule has 1 aromatic heterocycles. The van der Waals surface area contributed by atoms with Gasteiger partial charge in [0.05, 0.1) is 0 Å². The van der Waals surface area contributed by atoms with Crippen LogP contribution in [0, 0.1) is 0 Å². The number of aromatic amines is 1. The fourth-order valence-corrected chi connectivity index (χ4v) is 0.618. The van der Waals surface area contributed by atoms with Crippen molar-refractivity contribution in [1.29, 1.82) is 0 Å². The van der Waals surface area contributed by atoms with E-state index in [1.165, 1.54) is 12.3 Å². The first kappa shape index (κ1) is 11.7.